The number of aromatic nitrogens is 1. The lowest BCUT2D eigenvalue weighted by molar-refractivity contribution is -0.121. The van der Waals surface area contributed by atoms with Crippen molar-refractivity contribution in [2.75, 3.05) is 13.1 Å². The summed E-state index contributed by atoms with van der Waals surface area (Å²) in [4.78, 5) is 15.6. The second-order valence-corrected chi connectivity index (χ2v) is 3.27. The first-order chi connectivity index (χ1) is 6.29. The van der Waals surface area contributed by atoms with Crippen LogP contribution in [0.4, 0.5) is 0 Å². The summed E-state index contributed by atoms with van der Waals surface area (Å²) in [6.07, 6.45) is 1.99. The van der Waals surface area contributed by atoms with E-state index in [2.05, 4.69) is 10.3 Å². The van der Waals surface area contributed by atoms with Crippen LogP contribution in [-0.4, -0.2) is 23.9 Å². The molecule has 13 heavy (non-hydrogen) atoms. The van der Waals surface area contributed by atoms with Crippen molar-refractivity contribution in [3.05, 3.63) is 17.8 Å². The summed E-state index contributed by atoms with van der Waals surface area (Å²) in [5, 5.41) is 3.18. The van der Waals surface area contributed by atoms with E-state index in [1.165, 1.54) is 6.39 Å². The number of piperidine rings is 1. The van der Waals surface area contributed by atoms with Gasteiger partial charge in [0, 0.05) is 19.5 Å². The van der Waals surface area contributed by atoms with Crippen molar-refractivity contribution in [2.24, 2.45) is 0 Å². The second-order valence-electron chi connectivity index (χ2n) is 3.27. The van der Waals surface area contributed by atoms with Crippen LogP contribution >= 0.6 is 0 Å². The van der Waals surface area contributed by atoms with Gasteiger partial charge in [0.25, 0.3) is 0 Å². The molecule has 1 unspecified atom stereocenters. The highest BCUT2D eigenvalue weighted by Gasteiger charge is 2.27. The van der Waals surface area contributed by atoms with Crippen LogP contribution in [0.3, 0.4) is 0 Å². The van der Waals surface area contributed by atoms with Crippen LogP contribution < -0.4 is 5.32 Å². The van der Waals surface area contributed by atoms with Gasteiger partial charge in [0.15, 0.2) is 6.39 Å². The molecule has 1 aromatic rings. The topological polar surface area (TPSA) is 55.1 Å². The third-order valence-electron chi connectivity index (χ3n) is 2.40. The molecule has 1 atom stereocenters. The highest BCUT2D eigenvalue weighted by molar-refractivity contribution is 5.86. The third kappa shape index (κ3) is 1.49. The summed E-state index contributed by atoms with van der Waals surface area (Å²) in [7, 11) is 0. The van der Waals surface area contributed by atoms with E-state index in [9.17, 15) is 4.79 Å². The van der Waals surface area contributed by atoms with Gasteiger partial charge in [0.05, 0.1) is 11.6 Å². The number of nitrogens with zero attached hydrogens (tertiary/aromatic N) is 1. The molecule has 0 aliphatic carbocycles. The van der Waals surface area contributed by atoms with Gasteiger partial charge in [-0.05, 0) is 6.92 Å². The van der Waals surface area contributed by atoms with E-state index < -0.39 is 0 Å². The minimum Gasteiger partial charge on any atom is -0.448 e. The molecule has 1 aliphatic rings. The van der Waals surface area contributed by atoms with Gasteiger partial charge in [-0.15, -0.1) is 0 Å². The Balaban J connectivity index is 2.24. The van der Waals surface area contributed by atoms with E-state index >= 15 is 0 Å². The molecule has 1 saturated heterocycles. The predicted octanol–water partition coefficient (Wildman–Crippen LogP) is 0.629. The summed E-state index contributed by atoms with van der Waals surface area (Å²) in [6, 6.07) is 0. The molecule has 1 fully saturated rings. The maximum atomic E-state index is 11.5. The minimum atomic E-state index is -0.104. The van der Waals surface area contributed by atoms with Crippen molar-refractivity contribution in [1.29, 1.82) is 0 Å². The zero-order chi connectivity index (χ0) is 9.26. The standard InChI is InChI=1S/C9H12N2O2/c1-6-9(11-5-13-6)7-4-10-3-2-8(7)12/h5,7,10H,2-4H2,1H3. The Morgan fingerprint density at radius 1 is 1.69 bits per heavy atom. The summed E-state index contributed by atoms with van der Waals surface area (Å²) in [6.45, 7) is 3.31. The average Bonchev–Trinajstić information content (AvgIpc) is 2.52. The Morgan fingerprint density at radius 2 is 2.54 bits per heavy atom. The van der Waals surface area contributed by atoms with Crippen molar-refractivity contribution < 1.29 is 9.21 Å². The summed E-state index contributed by atoms with van der Waals surface area (Å²) in [5.74, 6) is 0.908. The molecule has 0 radical (unpaired) electrons. The minimum absolute atomic E-state index is 0.104. The van der Waals surface area contributed by atoms with Crippen molar-refractivity contribution in [2.45, 2.75) is 19.3 Å². The van der Waals surface area contributed by atoms with E-state index in [1.807, 2.05) is 6.92 Å². The Labute approximate surface area is 76.3 Å². The Hall–Kier alpha value is -1.16. The van der Waals surface area contributed by atoms with Gasteiger partial charge in [0.1, 0.15) is 11.5 Å². The number of carbonyl (C=O) groups is 1. The van der Waals surface area contributed by atoms with Gasteiger partial charge in [-0.2, -0.15) is 0 Å². The average molecular weight is 180 g/mol. The predicted molar refractivity (Wildman–Crippen MR) is 46.5 cm³/mol. The van der Waals surface area contributed by atoms with Crippen LogP contribution in [0.5, 0.6) is 0 Å². The maximum Gasteiger partial charge on any atom is 0.181 e. The first kappa shape index (κ1) is 8.44. The quantitative estimate of drug-likeness (QED) is 0.688. The molecule has 0 spiro atoms. The van der Waals surface area contributed by atoms with Crippen molar-refractivity contribution in [3.8, 4) is 0 Å². The number of aryl methyl sites for hydroxylation is 1. The molecule has 1 N–H and O–H groups in total. The van der Waals surface area contributed by atoms with E-state index in [0.717, 1.165) is 18.0 Å². The van der Waals surface area contributed by atoms with Crippen LogP contribution in [0.25, 0.3) is 0 Å². The number of hydrogen-bond acceptors (Lipinski definition) is 4. The molecule has 1 aliphatic heterocycles. The van der Waals surface area contributed by atoms with Gasteiger partial charge in [-0.3, -0.25) is 4.79 Å². The van der Waals surface area contributed by atoms with Gasteiger partial charge < -0.3 is 9.73 Å². The van der Waals surface area contributed by atoms with Crippen LogP contribution in [-0.2, 0) is 4.79 Å². The molecule has 70 valence electrons. The van der Waals surface area contributed by atoms with Gasteiger partial charge in [-0.1, -0.05) is 0 Å². The smallest absolute Gasteiger partial charge is 0.181 e. The van der Waals surface area contributed by atoms with Crippen LogP contribution in [0.2, 0.25) is 0 Å². The molecule has 0 bridgehead atoms. The first-order valence-corrected chi connectivity index (χ1v) is 4.42. The number of rotatable bonds is 1. The zero-order valence-electron chi connectivity index (χ0n) is 7.54. The van der Waals surface area contributed by atoms with Crippen molar-refractivity contribution >= 4 is 5.78 Å². The fourth-order valence-corrected chi connectivity index (χ4v) is 1.64. The Kier molecular flexibility index (Phi) is 2.14. The second kappa shape index (κ2) is 3.30. The lowest BCUT2D eigenvalue weighted by Crippen LogP contribution is -2.35. The van der Waals surface area contributed by atoms with Crippen LogP contribution in [0.1, 0.15) is 23.8 Å². The lowest BCUT2D eigenvalue weighted by atomic mass is 9.94. The molecular weight excluding hydrogens is 168 g/mol. The van der Waals surface area contributed by atoms with Gasteiger partial charge in [-0.25, -0.2) is 4.98 Å². The molecule has 2 rings (SSSR count). The van der Waals surface area contributed by atoms with E-state index in [1.54, 1.807) is 0 Å². The summed E-state index contributed by atoms with van der Waals surface area (Å²) < 4.78 is 5.07. The molecule has 0 saturated carbocycles. The highest BCUT2D eigenvalue weighted by atomic mass is 16.3. The highest BCUT2D eigenvalue weighted by Crippen LogP contribution is 2.21. The monoisotopic (exact) mass is 180 g/mol. The molecule has 2 heterocycles. The normalized spacial score (nSPS) is 23.5. The SMILES string of the molecule is Cc1ocnc1C1CNCCC1=O. The maximum absolute atomic E-state index is 11.5. The van der Waals surface area contributed by atoms with Crippen molar-refractivity contribution in [1.82, 2.24) is 10.3 Å². The molecule has 0 amide bonds. The fourth-order valence-electron chi connectivity index (χ4n) is 1.64. The number of oxazole rings is 1. The Morgan fingerprint density at radius 3 is 3.15 bits per heavy atom. The molecule has 0 aromatic carbocycles. The largest absolute Gasteiger partial charge is 0.448 e. The third-order valence-corrected chi connectivity index (χ3v) is 2.40. The van der Waals surface area contributed by atoms with Gasteiger partial charge >= 0.3 is 0 Å². The lowest BCUT2D eigenvalue weighted by Gasteiger charge is -2.19. The number of ketones is 1. The van der Waals surface area contributed by atoms with E-state index in [0.29, 0.717) is 13.0 Å². The van der Waals surface area contributed by atoms with Crippen LogP contribution in [0.15, 0.2) is 10.8 Å². The van der Waals surface area contributed by atoms with Gasteiger partial charge in [0.2, 0.25) is 0 Å². The number of Topliss-reactive ketones (excluding diaryl/α,β-unsaturated/α-hetero) is 1. The number of nitrogens with one attached hydrogen (secondary N) is 1. The number of carbonyl (C=O) groups excluding carboxylic acids is 1. The Bertz CT molecular complexity index is 319. The van der Waals surface area contributed by atoms with E-state index in [4.69, 9.17) is 4.42 Å². The van der Waals surface area contributed by atoms with Crippen LogP contribution in [0, 0.1) is 6.92 Å². The summed E-state index contributed by atoms with van der Waals surface area (Å²) in [5.41, 5.74) is 0.789. The molecule has 1 aromatic heterocycles. The fraction of sp³-hybridized carbons (Fsp3) is 0.556. The zero-order valence-corrected chi connectivity index (χ0v) is 7.54. The molecule has 4 nitrogen and oxygen atoms in total. The van der Waals surface area contributed by atoms with E-state index in [-0.39, 0.29) is 11.7 Å². The van der Waals surface area contributed by atoms with Crippen molar-refractivity contribution in [3.63, 3.8) is 0 Å². The molecular formula is C9H12N2O2. The summed E-state index contributed by atoms with van der Waals surface area (Å²) >= 11 is 0. The first-order valence-electron chi connectivity index (χ1n) is 4.42. The number of hydrogen-bond donors (Lipinski definition) is 1. The molecule has 4 heteroatoms.